The molecule has 0 amide bonds. The van der Waals surface area contributed by atoms with Crippen molar-refractivity contribution in [3.8, 4) is 11.1 Å². The third-order valence-corrected chi connectivity index (χ3v) is 5.41. The summed E-state index contributed by atoms with van der Waals surface area (Å²) in [6.45, 7) is 7.04. The minimum absolute atomic E-state index is 0.597. The number of hydrogen-bond donors (Lipinski definition) is 0. The van der Waals surface area contributed by atoms with Gasteiger partial charge in [0.15, 0.2) is 0 Å². The standard InChI is InChI=1S/C25H30O/c1-3-5-20-6-10-22(11-7-20)24-14-16-25(17-15-24)23-12-8-21(9-13-23)19-26-18-4-2/h3-5,8-9,12-17,20,22H,2,6-7,10-11,18-19H2,1H3/b5-3+. The molecule has 1 heteroatoms. The Morgan fingerprint density at radius 3 is 2.12 bits per heavy atom. The first-order valence-electron chi connectivity index (χ1n) is 9.81. The molecule has 26 heavy (non-hydrogen) atoms. The van der Waals surface area contributed by atoms with Crippen LogP contribution in [-0.4, -0.2) is 6.61 Å². The molecule has 136 valence electrons. The Hall–Kier alpha value is -2.12. The van der Waals surface area contributed by atoms with Crippen LogP contribution in [0.3, 0.4) is 0 Å². The lowest BCUT2D eigenvalue weighted by atomic mass is 9.78. The van der Waals surface area contributed by atoms with Crippen LogP contribution in [0.2, 0.25) is 0 Å². The molecular formula is C25H30O. The van der Waals surface area contributed by atoms with Crippen molar-refractivity contribution in [3.63, 3.8) is 0 Å². The highest BCUT2D eigenvalue weighted by atomic mass is 16.5. The second kappa shape index (κ2) is 9.54. The van der Waals surface area contributed by atoms with E-state index in [2.05, 4.69) is 74.2 Å². The Kier molecular flexibility index (Phi) is 6.85. The molecule has 0 spiro atoms. The van der Waals surface area contributed by atoms with Gasteiger partial charge >= 0.3 is 0 Å². The van der Waals surface area contributed by atoms with E-state index in [1.807, 2.05) is 0 Å². The molecule has 0 heterocycles. The highest BCUT2D eigenvalue weighted by Gasteiger charge is 2.20. The zero-order chi connectivity index (χ0) is 18.2. The van der Waals surface area contributed by atoms with Crippen LogP contribution in [0.25, 0.3) is 11.1 Å². The van der Waals surface area contributed by atoms with Gasteiger partial charge in [-0.3, -0.25) is 0 Å². The van der Waals surface area contributed by atoms with Gasteiger partial charge in [-0.1, -0.05) is 66.8 Å². The lowest BCUT2D eigenvalue weighted by Crippen LogP contribution is -2.11. The van der Waals surface area contributed by atoms with Gasteiger partial charge in [0.2, 0.25) is 0 Å². The molecule has 1 aliphatic carbocycles. The number of allylic oxidation sites excluding steroid dienone is 2. The van der Waals surface area contributed by atoms with E-state index in [0.717, 1.165) is 11.8 Å². The van der Waals surface area contributed by atoms with E-state index >= 15 is 0 Å². The SMILES string of the molecule is C=CCOCc1ccc(-c2ccc(C3CCC(/C=C/C)CC3)cc2)cc1. The zero-order valence-electron chi connectivity index (χ0n) is 15.9. The van der Waals surface area contributed by atoms with E-state index in [1.54, 1.807) is 6.08 Å². The van der Waals surface area contributed by atoms with Crippen molar-refractivity contribution >= 4 is 0 Å². The maximum absolute atomic E-state index is 5.50. The first kappa shape index (κ1) is 18.7. The topological polar surface area (TPSA) is 9.23 Å². The molecule has 2 aromatic carbocycles. The highest BCUT2D eigenvalue weighted by molar-refractivity contribution is 5.64. The summed E-state index contributed by atoms with van der Waals surface area (Å²) in [6, 6.07) is 17.9. The summed E-state index contributed by atoms with van der Waals surface area (Å²) < 4.78 is 5.50. The van der Waals surface area contributed by atoms with Crippen LogP contribution >= 0.6 is 0 Å². The fourth-order valence-electron chi connectivity index (χ4n) is 3.92. The molecule has 2 aromatic rings. The van der Waals surface area contributed by atoms with Gasteiger partial charge in [0.1, 0.15) is 0 Å². The minimum atomic E-state index is 0.597. The van der Waals surface area contributed by atoms with Gasteiger partial charge in [0.05, 0.1) is 13.2 Å². The molecule has 0 saturated heterocycles. The summed E-state index contributed by atoms with van der Waals surface area (Å²) in [7, 11) is 0. The van der Waals surface area contributed by atoms with Crippen molar-refractivity contribution in [2.24, 2.45) is 5.92 Å². The maximum Gasteiger partial charge on any atom is 0.0721 e. The van der Waals surface area contributed by atoms with Crippen LogP contribution in [0, 0.1) is 5.92 Å². The van der Waals surface area contributed by atoms with Gasteiger partial charge in [-0.25, -0.2) is 0 Å². The predicted octanol–water partition coefficient (Wildman–Crippen LogP) is 6.91. The molecule has 0 atom stereocenters. The Balaban J connectivity index is 1.60. The minimum Gasteiger partial charge on any atom is -0.373 e. The fourth-order valence-corrected chi connectivity index (χ4v) is 3.92. The first-order chi connectivity index (χ1) is 12.8. The quantitative estimate of drug-likeness (QED) is 0.391. The third kappa shape index (κ3) is 4.95. The molecule has 0 aliphatic heterocycles. The molecule has 0 radical (unpaired) electrons. The van der Waals surface area contributed by atoms with E-state index in [0.29, 0.717) is 13.2 Å². The molecule has 0 unspecified atom stereocenters. The average Bonchev–Trinajstić information content (AvgIpc) is 2.70. The van der Waals surface area contributed by atoms with Gasteiger partial charge in [-0.15, -0.1) is 6.58 Å². The molecule has 1 saturated carbocycles. The second-order valence-electron chi connectivity index (χ2n) is 7.26. The smallest absolute Gasteiger partial charge is 0.0721 e. The normalized spacial score (nSPS) is 20.3. The predicted molar refractivity (Wildman–Crippen MR) is 111 cm³/mol. The number of rotatable bonds is 7. The molecular weight excluding hydrogens is 316 g/mol. The molecule has 1 nitrogen and oxygen atoms in total. The average molecular weight is 347 g/mol. The Bertz CT molecular complexity index is 701. The van der Waals surface area contributed by atoms with E-state index in [1.165, 1.54) is 47.9 Å². The molecule has 0 N–H and O–H groups in total. The Morgan fingerprint density at radius 2 is 1.54 bits per heavy atom. The van der Waals surface area contributed by atoms with E-state index in [-0.39, 0.29) is 0 Å². The lowest BCUT2D eigenvalue weighted by molar-refractivity contribution is 0.149. The van der Waals surface area contributed by atoms with E-state index in [4.69, 9.17) is 4.74 Å². The monoisotopic (exact) mass is 346 g/mol. The summed E-state index contributed by atoms with van der Waals surface area (Å²) in [5.74, 6) is 1.53. The van der Waals surface area contributed by atoms with Crippen molar-refractivity contribution < 1.29 is 4.74 Å². The maximum atomic E-state index is 5.50. The molecule has 3 rings (SSSR count). The lowest BCUT2D eigenvalue weighted by Gasteiger charge is -2.27. The van der Waals surface area contributed by atoms with Gasteiger partial charge in [-0.2, -0.15) is 0 Å². The number of hydrogen-bond acceptors (Lipinski definition) is 1. The Labute approximate surface area is 158 Å². The van der Waals surface area contributed by atoms with Crippen molar-refractivity contribution in [3.05, 3.63) is 84.5 Å². The second-order valence-corrected chi connectivity index (χ2v) is 7.26. The highest BCUT2D eigenvalue weighted by Crippen LogP contribution is 2.36. The number of benzene rings is 2. The van der Waals surface area contributed by atoms with Crippen LogP contribution in [0.5, 0.6) is 0 Å². The zero-order valence-corrected chi connectivity index (χ0v) is 15.9. The van der Waals surface area contributed by atoms with Crippen molar-refractivity contribution in [1.82, 2.24) is 0 Å². The molecule has 0 bridgehead atoms. The van der Waals surface area contributed by atoms with Crippen LogP contribution in [0.15, 0.2) is 73.3 Å². The van der Waals surface area contributed by atoms with Crippen LogP contribution < -0.4 is 0 Å². The van der Waals surface area contributed by atoms with Gasteiger partial charge in [0.25, 0.3) is 0 Å². The largest absolute Gasteiger partial charge is 0.373 e. The van der Waals surface area contributed by atoms with E-state index < -0.39 is 0 Å². The molecule has 1 fully saturated rings. The summed E-state index contributed by atoms with van der Waals surface area (Å²) in [4.78, 5) is 0. The number of ether oxygens (including phenoxy) is 1. The van der Waals surface area contributed by atoms with Crippen molar-refractivity contribution in [2.45, 2.75) is 45.1 Å². The summed E-state index contributed by atoms with van der Waals surface area (Å²) >= 11 is 0. The van der Waals surface area contributed by atoms with Crippen molar-refractivity contribution in [2.75, 3.05) is 6.61 Å². The molecule has 0 aromatic heterocycles. The van der Waals surface area contributed by atoms with Gasteiger partial charge in [0, 0.05) is 0 Å². The van der Waals surface area contributed by atoms with Gasteiger partial charge in [-0.05, 0) is 66.7 Å². The van der Waals surface area contributed by atoms with E-state index in [9.17, 15) is 0 Å². The first-order valence-corrected chi connectivity index (χ1v) is 9.81. The molecule has 1 aliphatic rings. The van der Waals surface area contributed by atoms with Crippen LogP contribution in [-0.2, 0) is 11.3 Å². The Morgan fingerprint density at radius 1 is 0.923 bits per heavy atom. The fraction of sp³-hybridized carbons (Fsp3) is 0.360. The van der Waals surface area contributed by atoms with Crippen molar-refractivity contribution in [1.29, 1.82) is 0 Å². The van der Waals surface area contributed by atoms with Crippen LogP contribution in [0.4, 0.5) is 0 Å². The summed E-state index contributed by atoms with van der Waals surface area (Å²) in [5.41, 5.74) is 5.25. The third-order valence-electron chi connectivity index (χ3n) is 5.41. The summed E-state index contributed by atoms with van der Waals surface area (Å²) in [5, 5.41) is 0. The summed E-state index contributed by atoms with van der Waals surface area (Å²) in [6.07, 6.45) is 11.6. The van der Waals surface area contributed by atoms with Gasteiger partial charge < -0.3 is 4.74 Å². The van der Waals surface area contributed by atoms with Crippen LogP contribution in [0.1, 0.15) is 49.7 Å².